The first-order valence-electron chi connectivity index (χ1n) is 5.20. The number of methoxy groups -OCH3 is 1. The standard InChI is InChI=1S/C12H14N2O3/c1-16-12-13-10(11(15)14(12)17-2)8-9-6-4-3-5-7-9/h3-8,12-13H,1-2H3/b10-8+. The number of amides is 1. The number of carbonyl (C=O) groups is 1. The van der Waals surface area contributed by atoms with E-state index in [9.17, 15) is 4.79 Å². The summed E-state index contributed by atoms with van der Waals surface area (Å²) in [5.74, 6) is -0.247. The number of hydroxylamine groups is 2. The predicted octanol–water partition coefficient (Wildman–Crippen LogP) is 0.951. The molecule has 0 saturated carbocycles. The first-order chi connectivity index (χ1) is 8.26. The first-order valence-corrected chi connectivity index (χ1v) is 5.20. The van der Waals surface area contributed by atoms with Crippen molar-refractivity contribution >= 4 is 12.0 Å². The zero-order chi connectivity index (χ0) is 12.3. The molecule has 5 nitrogen and oxygen atoms in total. The highest BCUT2D eigenvalue weighted by Gasteiger charge is 2.35. The third kappa shape index (κ3) is 2.30. The maximum atomic E-state index is 11.9. The maximum absolute atomic E-state index is 11.9. The van der Waals surface area contributed by atoms with E-state index < -0.39 is 6.35 Å². The van der Waals surface area contributed by atoms with Crippen LogP contribution < -0.4 is 5.32 Å². The highest BCUT2D eigenvalue weighted by molar-refractivity contribution is 5.98. The Morgan fingerprint density at radius 2 is 2.00 bits per heavy atom. The summed E-state index contributed by atoms with van der Waals surface area (Å²) in [6.07, 6.45) is 1.18. The molecule has 0 aliphatic carbocycles. The monoisotopic (exact) mass is 234 g/mol. The lowest BCUT2D eigenvalue weighted by atomic mass is 10.2. The van der Waals surface area contributed by atoms with Crippen LogP contribution in [0.4, 0.5) is 0 Å². The fourth-order valence-electron chi connectivity index (χ4n) is 1.63. The van der Waals surface area contributed by atoms with E-state index in [4.69, 9.17) is 9.57 Å². The molecule has 0 spiro atoms. The summed E-state index contributed by atoms with van der Waals surface area (Å²) in [7, 11) is 2.93. The van der Waals surface area contributed by atoms with Crippen LogP contribution in [0.15, 0.2) is 36.0 Å². The minimum absolute atomic E-state index is 0.247. The predicted molar refractivity (Wildman–Crippen MR) is 62.2 cm³/mol. The van der Waals surface area contributed by atoms with Crippen molar-refractivity contribution in [2.45, 2.75) is 6.35 Å². The number of ether oxygens (including phenoxy) is 1. The van der Waals surface area contributed by atoms with Crippen LogP contribution in [0.5, 0.6) is 0 Å². The van der Waals surface area contributed by atoms with Crippen molar-refractivity contribution < 1.29 is 14.4 Å². The molecule has 17 heavy (non-hydrogen) atoms. The normalized spacial score (nSPS) is 22.0. The summed E-state index contributed by atoms with van der Waals surface area (Å²) in [5.41, 5.74) is 1.39. The van der Waals surface area contributed by atoms with Crippen LogP contribution in [0.25, 0.3) is 6.08 Å². The van der Waals surface area contributed by atoms with Crippen LogP contribution in [0, 0.1) is 0 Å². The van der Waals surface area contributed by atoms with E-state index in [1.807, 2.05) is 30.3 Å². The third-order valence-corrected chi connectivity index (χ3v) is 2.45. The molecular formula is C12H14N2O3. The fraction of sp³-hybridized carbons (Fsp3) is 0.250. The number of benzene rings is 1. The van der Waals surface area contributed by atoms with Gasteiger partial charge < -0.3 is 10.1 Å². The van der Waals surface area contributed by atoms with E-state index in [0.717, 1.165) is 10.6 Å². The molecule has 0 bridgehead atoms. The van der Waals surface area contributed by atoms with Gasteiger partial charge in [-0.25, -0.2) is 0 Å². The summed E-state index contributed by atoms with van der Waals surface area (Å²) < 4.78 is 5.08. The molecule has 1 amide bonds. The molecule has 5 heteroatoms. The van der Waals surface area contributed by atoms with Crippen molar-refractivity contribution in [2.24, 2.45) is 0 Å². The molecule has 1 fully saturated rings. The molecule has 1 unspecified atom stereocenters. The van der Waals surface area contributed by atoms with Crippen molar-refractivity contribution in [3.8, 4) is 0 Å². The van der Waals surface area contributed by atoms with Gasteiger partial charge in [0.15, 0.2) is 0 Å². The second kappa shape index (κ2) is 4.99. The third-order valence-electron chi connectivity index (χ3n) is 2.45. The Kier molecular flexibility index (Phi) is 3.41. The minimum atomic E-state index is -0.581. The number of hydrogen-bond donors (Lipinski definition) is 1. The van der Waals surface area contributed by atoms with E-state index in [2.05, 4.69) is 5.32 Å². The molecule has 0 aromatic heterocycles. The van der Waals surface area contributed by atoms with Crippen molar-refractivity contribution in [1.29, 1.82) is 0 Å². The Bertz CT molecular complexity index is 431. The molecule has 1 saturated heterocycles. The molecule has 1 N–H and O–H groups in total. The van der Waals surface area contributed by atoms with Gasteiger partial charge in [-0.1, -0.05) is 30.3 Å². The Morgan fingerprint density at radius 3 is 2.53 bits per heavy atom. The lowest BCUT2D eigenvalue weighted by molar-refractivity contribution is -0.215. The number of nitrogens with one attached hydrogen (secondary N) is 1. The zero-order valence-corrected chi connectivity index (χ0v) is 9.71. The molecule has 0 radical (unpaired) electrons. The molecule has 1 aliphatic rings. The van der Waals surface area contributed by atoms with Gasteiger partial charge in [0.1, 0.15) is 5.70 Å². The quantitative estimate of drug-likeness (QED) is 0.791. The molecular weight excluding hydrogens is 220 g/mol. The second-order valence-electron chi connectivity index (χ2n) is 3.51. The molecule has 2 rings (SSSR count). The van der Waals surface area contributed by atoms with E-state index >= 15 is 0 Å². The van der Waals surface area contributed by atoms with Crippen molar-refractivity contribution in [2.75, 3.05) is 14.2 Å². The highest BCUT2D eigenvalue weighted by atomic mass is 16.7. The van der Waals surface area contributed by atoms with Gasteiger partial charge in [-0.05, 0) is 11.6 Å². The lowest BCUT2D eigenvalue weighted by Crippen LogP contribution is -2.37. The largest absolute Gasteiger partial charge is 0.342 e. The SMILES string of the molecule is COC1N/C(=C/c2ccccc2)C(=O)N1OC. The van der Waals surface area contributed by atoms with E-state index in [-0.39, 0.29) is 5.91 Å². The van der Waals surface area contributed by atoms with Gasteiger partial charge in [0, 0.05) is 7.11 Å². The first kappa shape index (κ1) is 11.6. The smallest absolute Gasteiger partial charge is 0.297 e. The van der Waals surface area contributed by atoms with Gasteiger partial charge in [-0.15, -0.1) is 0 Å². The van der Waals surface area contributed by atoms with Crippen LogP contribution in [0.3, 0.4) is 0 Å². The Hall–Kier alpha value is -1.85. The van der Waals surface area contributed by atoms with Gasteiger partial charge in [0.2, 0.25) is 6.35 Å². The number of carbonyl (C=O) groups excluding carboxylic acids is 1. The van der Waals surface area contributed by atoms with Crippen LogP contribution in [0.1, 0.15) is 5.56 Å². The van der Waals surface area contributed by atoms with Crippen molar-refractivity contribution in [3.05, 3.63) is 41.6 Å². The Balaban J connectivity index is 2.24. The van der Waals surface area contributed by atoms with Crippen molar-refractivity contribution in [1.82, 2.24) is 10.4 Å². The molecule has 1 aliphatic heterocycles. The molecule has 1 heterocycles. The number of nitrogens with zero attached hydrogens (tertiary/aromatic N) is 1. The van der Waals surface area contributed by atoms with Gasteiger partial charge in [0.05, 0.1) is 7.11 Å². The average Bonchev–Trinajstić information content (AvgIpc) is 2.67. The summed E-state index contributed by atoms with van der Waals surface area (Å²) in [5, 5.41) is 4.08. The van der Waals surface area contributed by atoms with Crippen LogP contribution in [-0.4, -0.2) is 31.5 Å². The summed E-state index contributed by atoms with van der Waals surface area (Å²) >= 11 is 0. The van der Waals surface area contributed by atoms with E-state index in [1.54, 1.807) is 6.08 Å². The van der Waals surface area contributed by atoms with Gasteiger partial charge in [0.25, 0.3) is 5.91 Å². The van der Waals surface area contributed by atoms with E-state index in [1.165, 1.54) is 14.2 Å². The zero-order valence-electron chi connectivity index (χ0n) is 9.71. The maximum Gasteiger partial charge on any atom is 0.297 e. The van der Waals surface area contributed by atoms with Gasteiger partial charge in [-0.3, -0.25) is 9.63 Å². The molecule has 90 valence electrons. The van der Waals surface area contributed by atoms with Gasteiger partial charge in [-0.2, -0.15) is 5.06 Å². The molecule has 1 aromatic carbocycles. The molecule has 1 atom stereocenters. The summed E-state index contributed by atoms with van der Waals surface area (Å²) in [4.78, 5) is 16.9. The lowest BCUT2D eigenvalue weighted by Gasteiger charge is -2.18. The number of rotatable bonds is 3. The van der Waals surface area contributed by atoms with E-state index in [0.29, 0.717) is 5.70 Å². The Labute approximate surface area is 99.6 Å². The van der Waals surface area contributed by atoms with Crippen LogP contribution in [0.2, 0.25) is 0 Å². The van der Waals surface area contributed by atoms with Gasteiger partial charge >= 0.3 is 0 Å². The average molecular weight is 234 g/mol. The fourth-order valence-corrected chi connectivity index (χ4v) is 1.63. The molecule has 1 aromatic rings. The topological polar surface area (TPSA) is 50.8 Å². The minimum Gasteiger partial charge on any atom is -0.342 e. The van der Waals surface area contributed by atoms with Crippen LogP contribution in [-0.2, 0) is 14.4 Å². The van der Waals surface area contributed by atoms with Crippen LogP contribution >= 0.6 is 0 Å². The van der Waals surface area contributed by atoms with Crippen molar-refractivity contribution in [3.63, 3.8) is 0 Å². The Morgan fingerprint density at radius 1 is 1.29 bits per heavy atom. The highest BCUT2D eigenvalue weighted by Crippen LogP contribution is 2.16. The second-order valence-corrected chi connectivity index (χ2v) is 3.51. The summed E-state index contributed by atoms with van der Waals surface area (Å²) in [6.45, 7) is 0. The summed E-state index contributed by atoms with van der Waals surface area (Å²) in [6, 6.07) is 9.57. The number of hydrogen-bond acceptors (Lipinski definition) is 4.